The number of fused-ring (bicyclic) bond motifs is 1. The second-order valence-electron chi connectivity index (χ2n) is 5.35. The number of carbonyl (C=O) groups is 1. The third-order valence-electron chi connectivity index (χ3n) is 4.02. The number of aryl methyl sites for hydroxylation is 1. The van der Waals surface area contributed by atoms with E-state index in [-0.39, 0.29) is 16.9 Å². The van der Waals surface area contributed by atoms with E-state index in [1.165, 1.54) is 17.1 Å². The summed E-state index contributed by atoms with van der Waals surface area (Å²) < 4.78 is 27.7. The predicted octanol–water partition coefficient (Wildman–Crippen LogP) is 0.876. The summed E-state index contributed by atoms with van der Waals surface area (Å²) in [6.45, 7) is 0. The molecule has 1 unspecified atom stereocenters. The highest BCUT2D eigenvalue weighted by atomic mass is 32.2. The van der Waals surface area contributed by atoms with Crippen molar-refractivity contribution in [1.82, 2.24) is 9.29 Å². The molecule has 3 rings (SSSR count). The van der Waals surface area contributed by atoms with Gasteiger partial charge in [0.2, 0.25) is 5.91 Å². The van der Waals surface area contributed by atoms with Gasteiger partial charge in [0.25, 0.3) is 10.0 Å². The van der Waals surface area contributed by atoms with Crippen LogP contribution in [0.3, 0.4) is 0 Å². The van der Waals surface area contributed by atoms with E-state index in [0.29, 0.717) is 11.8 Å². The lowest BCUT2D eigenvalue weighted by Gasteiger charge is -2.13. The Balaban J connectivity index is 1.72. The Labute approximate surface area is 106 Å². The van der Waals surface area contributed by atoms with Gasteiger partial charge in [0.1, 0.15) is 0 Å². The van der Waals surface area contributed by atoms with Gasteiger partial charge in [-0.1, -0.05) is 0 Å². The summed E-state index contributed by atoms with van der Waals surface area (Å²) in [5, 5.41) is 0.124. The van der Waals surface area contributed by atoms with E-state index < -0.39 is 10.0 Å². The molecule has 18 heavy (non-hydrogen) atoms. The molecule has 1 heterocycles. The van der Waals surface area contributed by atoms with E-state index in [9.17, 15) is 13.2 Å². The van der Waals surface area contributed by atoms with E-state index in [2.05, 4.69) is 4.72 Å². The monoisotopic (exact) mass is 268 g/mol. The standard InChI is InChI=1S/C12H16N2O3S/c1-14-4-2-3-11(14)18(16,17)13-12(15)10-6-8-5-9(8)7-10/h2-4,8-10H,5-7H2,1H3,(H,13,15)/t8-,9+,10?. The molecular formula is C12H16N2O3S. The fourth-order valence-corrected chi connectivity index (χ4v) is 4.16. The third kappa shape index (κ3) is 1.94. The van der Waals surface area contributed by atoms with Crippen LogP contribution in [-0.4, -0.2) is 18.9 Å². The van der Waals surface area contributed by atoms with E-state index in [1.54, 1.807) is 19.3 Å². The van der Waals surface area contributed by atoms with Crippen molar-refractivity contribution in [2.75, 3.05) is 0 Å². The minimum absolute atomic E-state index is 0.121. The zero-order valence-electron chi connectivity index (χ0n) is 10.2. The average molecular weight is 268 g/mol. The number of nitrogens with zero attached hydrogens (tertiary/aromatic N) is 1. The first-order valence-corrected chi connectivity index (χ1v) is 7.63. The number of amides is 1. The van der Waals surface area contributed by atoms with E-state index >= 15 is 0 Å². The highest BCUT2D eigenvalue weighted by Crippen LogP contribution is 2.54. The van der Waals surface area contributed by atoms with Crippen LogP contribution in [-0.2, 0) is 21.9 Å². The summed E-state index contributed by atoms with van der Waals surface area (Å²) in [5.41, 5.74) is 0. The van der Waals surface area contributed by atoms with Crippen molar-refractivity contribution in [3.8, 4) is 0 Å². The van der Waals surface area contributed by atoms with Gasteiger partial charge >= 0.3 is 0 Å². The van der Waals surface area contributed by atoms with Crippen LogP contribution in [0, 0.1) is 17.8 Å². The summed E-state index contributed by atoms with van der Waals surface area (Å²) in [7, 11) is -2.08. The lowest BCUT2D eigenvalue weighted by Crippen LogP contribution is -2.36. The molecule has 3 atom stereocenters. The number of hydrogen-bond donors (Lipinski definition) is 1. The molecule has 1 amide bonds. The van der Waals surface area contributed by atoms with E-state index in [4.69, 9.17) is 0 Å². The number of aromatic nitrogens is 1. The normalized spacial score (nSPS) is 29.9. The Morgan fingerprint density at radius 3 is 2.56 bits per heavy atom. The molecule has 2 saturated carbocycles. The van der Waals surface area contributed by atoms with Crippen LogP contribution >= 0.6 is 0 Å². The van der Waals surface area contributed by atoms with Gasteiger partial charge in [-0.25, -0.2) is 4.72 Å². The van der Waals surface area contributed by atoms with Crippen LogP contribution in [0.4, 0.5) is 0 Å². The largest absolute Gasteiger partial charge is 0.340 e. The smallest absolute Gasteiger partial charge is 0.279 e. The molecule has 2 aliphatic carbocycles. The van der Waals surface area contributed by atoms with Gasteiger partial charge in [-0.3, -0.25) is 4.79 Å². The number of carbonyl (C=O) groups excluding carboxylic acids is 1. The van der Waals surface area contributed by atoms with Crippen molar-refractivity contribution < 1.29 is 13.2 Å². The van der Waals surface area contributed by atoms with Gasteiger partial charge in [0.05, 0.1) is 0 Å². The molecule has 0 aromatic carbocycles. The van der Waals surface area contributed by atoms with Crippen molar-refractivity contribution in [3.63, 3.8) is 0 Å². The first-order chi connectivity index (χ1) is 8.47. The molecule has 0 radical (unpaired) electrons. The summed E-state index contributed by atoms with van der Waals surface area (Å²) >= 11 is 0. The Hall–Kier alpha value is -1.30. The second kappa shape index (κ2) is 3.85. The number of sulfonamides is 1. The van der Waals surface area contributed by atoms with Gasteiger partial charge < -0.3 is 4.57 Å². The molecule has 0 bridgehead atoms. The van der Waals surface area contributed by atoms with Gasteiger partial charge in [-0.2, -0.15) is 8.42 Å². The van der Waals surface area contributed by atoms with E-state index in [1.807, 2.05) is 0 Å². The number of hydrogen-bond acceptors (Lipinski definition) is 3. The zero-order valence-corrected chi connectivity index (χ0v) is 11.0. The molecule has 0 saturated heterocycles. The van der Waals surface area contributed by atoms with Gasteiger partial charge in [-0.15, -0.1) is 0 Å². The Morgan fingerprint density at radius 1 is 1.33 bits per heavy atom. The topological polar surface area (TPSA) is 68.2 Å². The highest BCUT2D eigenvalue weighted by Gasteiger charge is 2.48. The molecule has 2 fully saturated rings. The minimum Gasteiger partial charge on any atom is -0.340 e. The average Bonchev–Trinajstić information content (AvgIpc) is 2.74. The first kappa shape index (κ1) is 11.8. The van der Waals surface area contributed by atoms with Gasteiger partial charge in [-0.05, 0) is 43.2 Å². The summed E-state index contributed by atoms with van der Waals surface area (Å²) in [4.78, 5) is 11.9. The zero-order chi connectivity index (χ0) is 12.9. The maximum atomic E-state index is 12.0. The molecule has 6 heteroatoms. The van der Waals surface area contributed by atoms with Crippen molar-refractivity contribution in [1.29, 1.82) is 0 Å². The van der Waals surface area contributed by atoms with Crippen LogP contribution < -0.4 is 4.72 Å². The Bertz CT molecular complexity index is 580. The highest BCUT2D eigenvalue weighted by molar-refractivity contribution is 7.90. The number of rotatable bonds is 3. The molecule has 0 spiro atoms. The van der Waals surface area contributed by atoms with E-state index in [0.717, 1.165) is 12.8 Å². The maximum Gasteiger partial charge on any atom is 0.279 e. The fraction of sp³-hybridized carbons (Fsp3) is 0.583. The minimum atomic E-state index is -3.72. The van der Waals surface area contributed by atoms with Crippen molar-refractivity contribution in [2.45, 2.75) is 24.3 Å². The van der Waals surface area contributed by atoms with Crippen molar-refractivity contribution >= 4 is 15.9 Å². The lowest BCUT2D eigenvalue weighted by atomic mass is 10.0. The molecule has 0 aliphatic heterocycles. The molecule has 2 aliphatic rings. The SMILES string of the molecule is Cn1cccc1S(=O)(=O)NC(=O)C1C[C@@H]2C[C@@H]2C1. The van der Waals surface area contributed by atoms with Crippen molar-refractivity contribution in [3.05, 3.63) is 18.3 Å². The van der Waals surface area contributed by atoms with Gasteiger partial charge in [0, 0.05) is 19.2 Å². The van der Waals surface area contributed by atoms with Crippen LogP contribution in [0.1, 0.15) is 19.3 Å². The van der Waals surface area contributed by atoms with Gasteiger partial charge in [0.15, 0.2) is 5.03 Å². The van der Waals surface area contributed by atoms with Crippen LogP contribution in [0.15, 0.2) is 23.4 Å². The second-order valence-corrected chi connectivity index (χ2v) is 6.98. The molecule has 1 aromatic heterocycles. The van der Waals surface area contributed by atoms with Crippen molar-refractivity contribution in [2.24, 2.45) is 24.8 Å². The maximum absolute atomic E-state index is 12.0. The third-order valence-corrected chi connectivity index (χ3v) is 5.47. The molecular weight excluding hydrogens is 252 g/mol. The van der Waals surface area contributed by atoms with Crippen LogP contribution in [0.25, 0.3) is 0 Å². The first-order valence-electron chi connectivity index (χ1n) is 6.15. The summed E-state index contributed by atoms with van der Waals surface area (Å²) in [6, 6.07) is 3.13. The molecule has 5 nitrogen and oxygen atoms in total. The Kier molecular flexibility index (Phi) is 2.52. The Morgan fingerprint density at radius 2 is 2.00 bits per heavy atom. The molecule has 98 valence electrons. The molecule has 1 N–H and O–H groups in total. The quantitative estimate of drug-likeness (QED) is 0.884. The number of nitrogens with one attached hydrogen (secondary N) is 1. The fourth-order valence-electron chi connectivity index (χ4n) is 2.92. The van der Waals surface area contributed by atoms with Crippen LogP contribution in [0.5, 0.6) is 0 Å². The summed E-state index contributed by atoms with van der Waals surface area (Å²) in [6.07, 6.45) is 4.55. The predicted molar refractivity (Wildman–Crippen MR) is 65.1 cm³/mol. The lowest BCUT2D eigenvalue weighted by molar-refractivity contribution is -0.123. The summed E-state index contributed by atoms with van der Waals surface area (Å²) in [5.74, 6) is 0.865. The van der Waals surface area contributed by atoms with Crippen LogP contribution in [0.2, 0.25) is 0 Å². The molecule has 1 aromatic rings.